The van der Waals surface area contributed by atoms with Crippen molar-refractivity contribution in [2.75, 3.05) is 13.7 Å². The minimum Gasteiger partial charge on any atom is -0.480 e. The third-order valence-corrected chi connectivity index (χ3v) is 2.66. The summed E-state index contributed by atoms with van der Waals surface area (Å²) in [5.41, 5.74) is -0.891. The first-order valence-corrected chi connectivity index (χ1v) is 5.71. The van der Waals surface area contributed by atoms with E-state index in [9.17, 15) is 19.7 Å². The second-order valence-electron chi connectivity index (χ2n) is 3.71. The zero-order chi connectivity index (χ0) is 15.3. The number of aliphatic carboxylic acids is 1. The van der Waals surface area contributed by atoms with E-state index < -0.39 is 28.5 Å². The first-order chi connectivity index (χ1) is 9.38. The number of amides is 1. The molecule has 1 unspecified atom stereocenters. The zero-order valence-corrected chi connectivity index (χ0v) is 11.1. The number of methoxy groups -OCH3 is 1. The number of carbonyl (C=O) groups is 2. The number of benzene rings is 1. The molecular weight excluding hydrogens is 292 g/mol. The summed E-state index contributed by atoms with van der Waals surface area (Å²) in [6.07, 6.45) is 0. The summed E-state index contributed by atoms with van der Waals surface area (Å²) in [4.78, 5) is 32.9. The molecule has 1 atom stereocenters. The highest BCUT2D eigenvalue weighted by atomic mass is 35.5. The van der Waals surface area contributed by atoms with Crippen molar-refractivity contribution in [3.63, 3.8) is 0 Å². The van der Waals surface area contributed by atoms with Gasteiger partial charge in [-0.3, -0.25) is 14.9 Å². The van der Waals surface area contributed by atoms with Gasteiger partial charge in [0.25, 0.3) is 5.91 Å². The van der Waals surface area contributed by atoms with Crippen LogP contribution in [0.4, 0.5) is 5.69 Å². The van der Waals surface area contributed by atoms with Gasteiger partial charge in [0.1, 0.15) is 10.6 Å². The molecule has 0 aliphatic carbocycles. The van der Waals surface area contributed by atoms with E-state index in [1.165, 1.54) is 25.3 Å². The number of ether oxygens (including phenoxy) is 1. The normalized spacial score (nSPS) is 11.7. The standard InChI is InChI=1S/C11H11ClN2O6/c1-20-5-8(11(16)17)13-10(15)6-3-2-4-7(12)9(6)14(18)19/h2-4,8H,5H2,1H3,(H,13,15)(H,16,17). The molecule has 0 bridgehead atoms. The van der Waals surface area contributed by atoms with Crippen LogP contribution in [0.1, 0.15) is 10.4 Å². The van der Waals surface area contributed by atoms with E-state index in [4.69, 9.17) is 16.7 Å². The van der Waals surface area contributed by atoms with E-state index in [0.717, 1.165) is 0 Å². The molecule has 0 heterocycles. The molecule has 0 saturated heterocycles. The average molecular weight is 303 g/mol. The lowest BCUT2D eigenvalue weighted by Gasteiger charge is -2.13. The summed E-state index contributed by atoms with van der Waals surface area (Å²) in [5, 5.41) is 21.7. The van der Waals surface area contributed by atoms with Crippen LogP contribution in [-0.4, -0.2) is 41.7 Å². The Morgan fingerprint density at radius 2 is 2.20 bits per heavy atom. The van der Waals surface area contributed by atoms with E-state index in [2.05, 4.69) is 10.1 Å². The highest BCUT2D eigenvalue weighted by Gasteiger charge is 2.27. The molecule has 0 aromatic heterocycles. The fourth-order valence-electron chi connectivity index (χ4n) is 1.46. The number of nitrogens with one attached hydrogen (secondary N) is 1. The van der Waals surface area contributed by atoms with Crippen molar-refractivity contribution in [3.8, 4) is 0 Å². The summed E-state index contributed by atoms with van der Waals surface area (Å²) in [7, 11) is 1.27. The predicted molar refractivity (Wildman–Crippen MR) is 68.9 cm³/mol. The maximum Gasteiger partial charge on any atom is 0.328 e. The second-order valence-corrected chi connectivity index (χ2v) is 4.12. The molecule has 0 saturated carbocycles. The van der Waals surface area contributed by atoms with E-state index in [1.54, 1.807) is 0 Å². The fraction of sp³-hybridized carbons (Fsp3) is 0.273. The van der Waals surface area contributed by atoms with E-state index in [1.807, 2.05) is 0 Å². The number of carboxylic acids is 1. The fourth-order valence-corrected chi connectivity index (χ4v) is 1.71. The van der Waals surface area contributed by atoms with Gasteiger partial charge < -0.3 is 15.2 Å². The van der Waals surface area contributed by atoms with Gasteiger partial charge in [-0.1, -0.05) is 17.7 Å². The zero-order valence-electron chi connectivity index (χ0n) is 10.3. The molecule has 0 aliphatic rings. The van der Waals surface area contributed by atoms with Gasteiger partial charge in [0.05, 0.1) is 11.5 Å². The molecule has 1 amide bonds. The number of nitro groups is 1. The van der Waals surface area contributed by atoms with Gasteiger partial charge in [0.15, 0.2) is 6.04 Å². The topological polar surface area (TPSA) is 119 Å². The van der Waals surface area contributed by atoms with Crippen LogP contribution in [0.5, 0.6) is 0 Å². The predicted octanol–water partition coefficient (Wildman–Crippen LogP) is 1.08. The number of para-hydroxylation sites is 1. The largest absolute Gasteiger partial charge is 0.480 e. The molecule has 1 aromatic rings. The van der Waals surface area contributed by atoms with Gasteiger partial charge in [0, 0.05) is 7.11 Å². The van der Waals surface area contributed by atoms with Crippen molar-refractivity contribution in [3.05, 3.63) is 38.9 Å². The van der Waals surface area contributed by atoms with Gasteiger partial charge in [-0.15, -0.1) is 0 Å². The Kier molecular flexibility index (Phi) is 5.42. The van der Waals surface area contributed by atoms with Crippen molar-refractivity contribution < 1.29 is 24.4 Å². The van der Waals surface area contributed by atoms with Gasteiger partial charge >= 0.3 is 11.7 Å². The lowest BCUT2D eigenvalue weighted by atomic mass is 10.1. The maximum absolute atomic E-state index is 11.9. The maximum atomic E-state index is 11.9. The minimum absolute atomic E-state index is 0.207. The lowest BCUT2D eigenvalue weighted by Crippen LogP contribution is -2.44. The van der Waals surface area contributed by atoms with Crippen LogP contribution >= 0.6 is 11.6 Å². The smallest absolute Gasteiger partial charge is 0.328 e. The summed E-state index contributed by atoms with van der Waals surface area (Å²) in [6, 6.07) is 2.49. The van der Waals surface area contributed by atoms with Crippen molar-refractivity contribution >= 4 is 29.2 Å². The number of hydrogen-bond donors (Lipinski definition) is 2. The van der Waals surface area contributed by atoms with Crippen molar-refractivity contribution in [1.29, 1.82) is 0 Å². The third-order valence-electron chi connectivity index (χ3n) is 2.35. The number of rotatable bonds is 6. The molecule has 8 nitrogen and oxygen atoms in total. The number of carbonyl (C=O) groups excluding carboxylic acids is 1. The molecule has 0 radical (unpaired) electrons. The molecule has 2 N–H and O–H groups in total. The molecule has 1 rings (SSSR count). The molecule has 0 aliphatic heterocycles. The van der Waals surface area contributed by atoms with Gasteiger partial charge in [-0.25, -0.2) is 4.79 Å². The van der Waals surface area contributed by atoms with Crippen LogP contribution in [-0.2, 0) is 9.53 Å². The van der Waals surface area contributed by atoms with Crippen molar-refractivity contribution in [1.82, 2.24) is 5.32 Å². The first kappa shape index (κ1) is 15.9. The minimum atomic E-state index is -1.31. The Morgan fingerprint density at radius 1 is 1.55 bits per heavy atom. The summed E-state index contributed by atoms with van der Waals surface area (Å²) in [6.45, 7) is -0.268. The van der Waals surface area contributed by atoms with Gasteiger partial charge in [-0.05, 0) is 12.1 Å². The molecular formula is C11H11ClN2O6. The first-order valence-electron chi connectivity index (χ1n) is 5.34. The number of halogens is 1. The Labute approximate surface area is 118 Å². The Bertz CT molecular complexity index is 548. The monoisotopic (exact) mass is 302 g/mol. The molecule has 1 aromatic carbocycles. The quantitative estimate of drug-likeness (QED) is 0.599. The Morgan fingerprint density at radius 3 is 2.70 bits per heavy atom. The average Bonchev–Trinajstić information content (AvgIpc) is 2.37. The molecule has 108 valence electrons. The molecule has 9 heteroatoms. The van der Waals surface area contributed by atoms with Gasteiger partial charge in [-0.2, -0.15) is 0 Å². The van der Waals surface area contributed by atoms with Gasteiger partial charge in [0.2, 0.25) is 0 Å². The summed E-state index contributed by atoms with van der Waals surface area (Å²) >= 11 is 5.67. The lowest BCUT2D eigenvalue weighted by molar-refractivity contribution is -0.385. The van der Waals surface area contributed by atoms with Crippen LogP contribution < -0.4 is 5.32 Å². The number of nitro benzene ring substituents is 1. The van der Waals surface area contributed by atoms with E-state index in [0.29, 0.717) is 0 Å². The molecule has 0 spiro atoms. The summed E-state index contributed by atoms with van der Waals surface area (Å²) < 4.78 is 4.65. The Balaban J connectivity index is 3.06. The number of nitrogens with zero attached hydrogens (tertiary/aromatic N) is 1. The number of carboxylic acid groups (broad SMARTS) is 1. The van der Waals surface area contributed by atoms with Crippen LogP contribution in [0.3, 0.4) is 0 Å². The third kappa shape index (κ3) is 3.65. The highest BCUT2D eigenvalue weighted by molar-refractivity contribution is 6.33. The summed E-state index contributed by atoms with van der Waals surface area (Å²) in [5.74, 6) is -2.23. The SMILES string of the molecule is COCC(NC(=O)c1cccc(Cl)c1[N+](=O)[O-])C(=O)O. The van der Waals surface area contributed by atoms with Crippen LogP contribution in [0.2, 0.25) is 5.02 Å². The molecule has 0 fully saturated rings. The van der Waals surface area contributed by atoms with E-state index in [-0.39, 0.29) is 17.2 Å². The van der Waals surface area contributed by atoms with Crippen LogP contribution in [0, 0.1) is 10.1 Å². The van der Waals surface area contributed by atoms with E-state index >= 15 is 0 Å². The highest BCUT2D eigenvalue weighted by Crippen LogP contribution is 2.28. The van der Waals surface area contributed by atoms with Crippen molar-refractivity contribution in [2.45, 2.75) is 6.04 Å². The van der Waals surface area contributed by atoms with Crippen LogP contribution in [0.25, 0.3) is 0 Å². The Hall–Kier alpha value is -2.19. The van der Waals surface area contributed by atoms with Crippen LogP contribution in [0.15, 0.2) is 18.2 Å². The number of hydrogen-bond acceptors (Lipinski definition) is 5. The second kappa shape index (κ2) is 6.83. The van der Waals surface area contributed by atoms with Crippen molar-refractivity contribution in [2.24, 2.45) is 0 Å². The molecule has 20 heavy (non-hydrogen) atoms.